The van der Waals surface area contributed by atoms with E-state index in [1.807, 2.05) is 11.6 Å². The number of nitrogens with zero attached hydrogens (tertiary/aromatic N) is 4. The summed E-state index contributed by atoms with van der Waals surface area (Å²) < 4.78 is 1.87. The standard InChI is InChI=1S/C11H19N5OS/c1-14-3-5-16(6-4-14)11-13-8(7-17)9(10(12)18)15(11)2/h17H,3-7H2,1-2H3,(H2,12,18). The summed E-state index contributed by atoms with van der Waals surface area (Å²) in [4.78, 5) is 9.20. The zero-order valence-corrected chi connectivity index (χ0v) is 11.6. The smallest absolute Gasteiger partial charge is 0.206 e. The molecule has 3 N–H and O–H groups in total. The van der Waals surface area contributed by atoms with Crippen LogP contribution in [0.25, 0.3) is 0 Å². The van der Waals surface area contributed by atoms with E-state index < -0.39 is 0 Å². The maximum absolute atomic E-state index is 9.33. The molecule has 1 fully saturated rings. The fourth-order valence-corrected chi connectivity index (χ4v) is 2.50. The second-order valence-electron chi connectivity index (χ2n) is 4.58. The summed E-state index contributed by atoms with van der Waals surface area (Å²) in [5.74, 6) is 0.829. The zero-order chi connectivity index (χ0) is 13.3. The third-order valence-corrected chi connectivity index (χ3v) is 3.51. The van der Waals surface area contributed by atoms with Crippen LogP contribution in [0.4, 0.5) is 5.95 Å². The molecule has 0 atom stereocenters. The Hall–Kier alpha value is -1.18. The maximum atomic E-state index is 9.33. The molecular formula is C11H19N5OS. The molecule has 0 spiro atoms. The van der Waals surface area contributed by atoms with Crippen molar-refractivity contribution in [2.45, 2.75) is 6.61 Å². The minimum Gasteiger partial charge on any atom is -0.390 e. The van der Waals surface area contributed by atoms with Crippen LogP contribution in [0.3, 0.4) is 0 Å². The Kier molecular flexibility index (Phi) is 3.84. The SMILES string of the molecule is CN1CCN(c2nc(CO)c(C(N)=S)n2C)CC1. The molecule has 0 amide bonds. The number of aliphatic hydroxyl groups excluding tert-OH is 1. The highest BCUT2D eigenvalue weighted by Gasteiger charge is 2.22. The summed E-state index contributed by atoms with van der Waals surface area (Å²) in [7, 11) is 3.99. The van der Waals surface area contributed by atoms with Crippen molar-refractivity contribution in [1.29, 1.82) is 0 Å². The Labute approximate surface area is 112 Å². The number of piperazine rings is 1. The summed E-state index contributed by atoms with van der Waals surface area (Å²) in [6.45, 7) is 3.70. The van der Waals surface area contributed by atoms with Crippen molar-refractivity contribution in [3.63, 3.8) is 0 Å². The lowest BCUT2D eigenvalue weighted by molar-refractivity contribution is 0.277. The Balaban J connectivity index is 2.31. The highest BCUT2D eigenvalue weighted by Crippen LogP contribution is 2.19. The molecule has 0 aromatic carbocycles. The van der Waals surface area contributed by atoms with Crippen molar-refractivity contribution in [3.8, 4) is 0 Å². The van der Waals surface area contributed by atoms with E-state index in [-0.39, 0.29) is 11.6 Å². The molecular weight excluding hydrogens is 250 g/mol. The van der Waals surface area contributed by atoms with Crippen LogP contribution in [0.5, 0.6) is 0 Å². The number of hydrogen-bond donors (Lipinski definition) is 2. The van der Waals surface area contributed by atoms with E-state index in [9.17, 15) is 5.11 Å². The second-order valence-corrected chi connectivity index (χ2v) is 5.02. The summed E-state index contributed by atoms with van der Waals surface area (Å²) in [6, 6.07) is 0. The van der Waals surface area contributed by atoms with E-state index in [4.69, 9.17) is 18.0 Å². The van der Waals surface area contributed by atoms with E-state index in [2.05, 4.69) is 21.8 Å². The van der Waals surface area contributed by atoms with Gasteiger partial charge in [-0.25, -0.2) is 4.98 Å². The molecule has 6 nitrogen and oxygen atoms in total. The maximum Gasteiger partial charge on any atom is 0.206 e. The van der Waals surface area contributed by atoms with Crippen LogP contribution >= 0.6 is 12.2 Å². The second kappa shape index (κ2) is 5.21. The van der Waals surface area contributed by atoms with Gasteiger partial charge in [0.15, 0.2) is 0 Å². The quantitative estimate of drug-likeness (QED) is 0.707. The Morgan fingerprint density at radius 1 is 1.33 bits per heavy atom. The fourth-order valence-electron chi connectivity index (χ4n) is 2.25. The number of likely N-dealkylation sites (N-methyl/N-ethyl adjacent to an activating group) is 1. The van der Waals surface area contributed by atoms with Gasteiger partial charge in [0.05, 0.1) is 12.3 Å². The summed E-state index contributed by atoms with van der Waals surface area (Å²) in [6.07, 6.45) is 0. The van der Waals surface area contributed by atoms with Crippen LogP contribution in [0.15, 0.2) is 0 Å². The van der Waals surface area contributed by atoms with Gasteiger partial charge in [0.2, 0.25) is 5.95 Å². The third-order valence-electron chi connectivity index (χ3n) is 3.31. The van der Waals surface area contributed by atoms with Crippen molar-refractivity contribution in [1.82, 2.24) is 14.5 Å². The molecule has 0 aliphatic carbocycles. The van der Waals surface area contributed by atoms with Gasteiger partial charge in [0.25, 0.3) is 0 Å². The molecule has 2 rings (SSSR count). The minimum absolute atomic E-state index is 0.145. The molecule has 0 unspecified atom stereocenters. The highest BCUT2D eigenvalue weighted by atomic mass is 32.1. The number of hydrogen-bond acceptors (Lipinski definition) is 5. The van der Waals surface area contributed by atoms with Gasteiger partial charge in [-0.05, 0) is 7.05 Å². The van der Waals surface area contributed by atoms with Crippen molar-refractivity contribution in [3.05, 3.63) is 11.4 Å². The van der Waals surface area contributed by atoms with Crippen molar-refractivity contribution in [2.75, 3.05) is 38.1 Å². The Morgan fingerprint density at radius 3 is 2.39 bits per heavy atom. The van der Waals surface area contributed by atoms with Gasteiger partial charge in [0, 0.05) is 33.2 Å². The van der Waals surface area contributed by atoms with Gasteiger partial charge in [0.1, 0.15) is 10.7 Å². The Morgan fingerprint density at radius 2 is 1.94 bits per heavy atom. The topological polar surface area (TPSA) is 70.6 Å². The monoisotopic (exact) mass is 269 g/mol. The predicted molar refractivity (Wildman–Crippen MR) is 74.7 cm³/mol. The molecule has 1 aromatic rings. The average molecular weight is 269 g/mol. The first kappa shape index (κ1) is 13.3. The van der Waals surface area contributed by atoms with Gasteiger partial charge in [-0.3, -0.25) is 0 Å². The van der Waals surface area contributed by atoms with Gasteiger partial charge in [-0.1, -0.05) is 12.2 Å². The Bertz CT molecular complexity index is 451. The molecule has 0 saturated carbocycles. The number of thiocarbonyl (C=S) groups is 1. The lowest BCUT2D eigenvalue weighted by atomic mass is 10.3. The highest BCUT2D eigenvalue weighted by molar-refractivity contribution is 7.80. The number of aromatic nitrogens is 2. The molecule has 0 bridgehead atoms. The molecule has 1 aliphatic heterocycles. The number of aliphatic hydroxyl groups is 1. The summed E-state index contributed by atoms with van der Waals surface area (Å²) in [5.41, 5.74) is 6.90. The summed E-state index contributed by atoms with van der Waals surface area (Å²) >= 11 is 5.02. The van der Waals surface area contributed by atoms with E-state index in [0.29, 0.717) is 11.4 Å². The van der Waals surface area contributed by atoms with Crippen molar-refractivity contribution in [2.24, 2.45) is 12.8 Å². The van der Waals surface area contributed by atoms with Crippen LogP contribution in [0.2, 0.25) is 0 Å². The van der Waals surface area contributed by atoms with Crippen LogP contribution in [-0.2, 0) is 13.7 Å². The molecule has 7 heteroatoms. The molecule has 1 aromatic heterocycles. The number of rotatable bonds is 3. The first-order chi connectivity index (χ1) is 8.54. The van der Waals surface area contributed by atoms with Crippen LogP contribution in [0.1, 0.15) is 11.4 Å². The first-order valence-electron chi connectivity index (χ1n) is 5.94. The predicted octanol–water partition coefficient (Wildman–Crippen LogP) is -0.702. The lowest BCUT2D eigenvalue weighted by Crippen LogP contribution is -2.45. The van der Waals surface area contributed by atoms with Crippen molar-refractivity contribution >= 4 is 23.2 Å². The molecule has 100 valence electrons. The largest absolute Gasteiger partial charge is 0.390 e. The van der Waals surface area contributed by atoms with E-state index in [1.165, 1.54) is 0 Å². The fraction of sp³-hybridized carbons (Fsp3) is 0.636. The van der Waals surface area contributed by atoms with Crippen LogP contribution in [0, 0.1) is 0 Å². The van der Waals surface area contributed by atoms with Crippen LogP contribution < -0.4 is 10.6 Å². The van der Waals surface area contributed by atoms with Gasteiger partial charge >= 0.3 is 0 Å². The normalized spacial score (nSPS) is 17.2. The van der Waals surface area contributed by atoms with Gasteiger partial charge < -0.3 is 25.2 Å². The molecule has 18 heavy (non-hydrogen) atoms. The van der Waals surface area contributed by atoms with Gasteiger partial charge in [-0.15, -0.1) is 0 Å². The lowest BCUT2D eigenvalue weighted by Gasteiger charge is -2.33. The van der Waals surface area contributed by atoms with Gasteiger partial charge in [-0.2, -0.15) is 0 Å². The molecule has 0 radical (unpaired) electrons. The molecule has 2 heterocycles. The van der Waals surface area contributed by atoms with E-state index >= 15 is 0 Å². The zero-order valence-electron chi connectivity index (χ0n) is 10.8. The number of imidazole rings is 1. The van der Waals surface area contributed by atoms with E-state index in [0.717, 1.165) is 32.1 Å². The molecule has 1 aliphatic rings. The number of nitrogens with two attached hydrogens (primary N) is 1. The first-order valence-corrected chi connectivity index (χ1v) is 6.35. The van der Waals surface area contributed by atoms with E-state index in [1.54, 1.807) is 0 Å². The van der Waals surface area contributed by atoms with Crippen LogP contribution in [-0.4, -0.2) is 57.8 Å². The molecule has 1 saturated heterocycles. The number of anilines is 1. The minimum atomic E-state index is -0.145. The average Bonchev–Trinajstić information content (AvgIpc) is 2.67. The van der Waals surface area contributed by atoms with Crippen molar-refractivity contribution < 1.29 is 5.11 Å². The summed E-state index contributed by atoms with van der Waals surface area (Å²) in [5, 5.41) is 9.33. The third kappa shape index (κ3) is 2.33.